The number of methoxy groups -OCH3 is 1. The van der Waals surface area contributed by atoms with Crippen molar-refractivity contribution in [3.63, 3.8) is 0 Å². The monoisotopic (exact) mass is 314 g/mol. The van der Waals surface area contributed by atoms with Crippen molar-refractivity contribution in [1.82, 2.24) is 19.8 Å². The summed E-state index contributed by atoms with van der Waals surface area (Å²) in [6.07, 6.45) is 0. The zero-order chi connectivity index (χ0) is 14.2. The molecule has 0 saturated carbocycles. The number of rotatable bonds is 3. The summed E-state index contributed by atoms with van der Waals surface area (Å²) in [7, 11) is 1.66. The Morgan fingerprint density at radius 3 is 2.81 bits per heavy atom. The van der Waals surface area contributed by atoms with E-state index in [9.17, 15) is 0 Å². The number of nitrogens with zero attached hydrogens (tertiary/aromatic N) is 4. The number of ether oxygens (including phenoxy) is 1. The maximum atomic E-state index is 5.40. The molecule has 0 N–H and O–H groups in total. The fourth-order valence-electron chi connectivity index (χ4n) is 2.11. The highest BCUT2D eigenvalue weighted by molar-refractivity contribution is 7.20. The van der Waals surface area contributed by atoms with Crippen LogP contribution in [0.4, 0.5) is 0 Å². The van der Waals surface area contributed by atoms with Gasteiger partial charge < -0.3 is 4.74 Å². The van der Waals surface area contributed by atoms with Crippen LogP contribution in [0, 0.1) is 0 Å². The molecule has 0 atom stereocenters. The van der Waals surface area contributed by atoms with Crippen LogP contribution in [0.1, 0.15) is 0 Å². The predicted octanol–water partition coefficient (Wildman–Crippen LogP) is 3.59. The van der Waals surface area contributed by atoms with Crippen LogP contribution >= 0.6 is 22.7 Å². The number of hydrogen-bond donors (Lipinski definition) is 0. The zero-order valence-electron chi connectivity index (χ0n) is 11.1. The molecular weight excluding hydrogens is 304 g/mol. The van der Waals surface area contributed by atoms with Gasteiger partial charge in [0.05, 0.1) is 17.6 Å². The second-order valence-corrected chi connectivity index (χ2v) is 6.21. The Balaban J connectivity index is 1.88. The van der Waals surface area contributed by atoms with Crippen molar-refractivity contribution in [1.29, 1.82) is 0 Å². The molecule has 0 bridgehead atoms. The summed E-state index contributed by atoms with van der Waals surface area (Å²) in [5.41, 5.74) is 0.965. The molecule has 7 heteroatoms. The fourth-order valence-corrected chi connectivity index (χ4v) is 3.67. The van der Waals surface area contributed by atoms with Crippen LogP contribution in [0.15, 0.2) is 41.8 Å². The first-order valence-electron chi connectivity index (χ1n) is 6.26. The van der Waals surface area contributed by atoms with Gasteiger partial charge in [0.25, 0.3) is 0 Å². The van der Waals surface area contributed by atoms with E-state index in [2.05, 4.69) is 15.3 Å². The highest BCUT2D eigenvalue weighted by atomic mass is 32.1. The lowest BCUT2D eigenvalue weighted by atomic mass is 10.2. The van der Waals surface area contributed by atoms with E-state index in [0.29, 0.717) is 0 Å². The van der Waals surface area contributed by atoms with E-state index < -0.39 is 0 Å². The van der Waals surface area contributed by atoms with Gasteiger partial charge in [-0.25, -0.2) is 0 Å². The largest absolute Gasteiger partial charge is 0.496 e. The van der Waals surface area contributed by atoms with Crippen molar-refractivity contribution in [3.8, 4) is 27.0 Å². The number of hydrogen-bond acceptors (Lipinski definition) is 6. The van der Waals surface area contributed by atoms with E-state index in [4.69, 9.17) is 4.74 Å². The van der Waals surface area contributed by atoms with Crippen LogP contribution in [0.2, 0.25) is 0 Å². The molecule has 5 nitrogen and oxygen atoms in total. The van der Waals surface area contributed by atoms with Gasteiger partial charge in [0.1, 0.15) is 5.75 Å². The summed E-state index contributed by atoms with van der Waals surface area (Å²) in [5.74, 6) is 1.58. The Hall–Kier alpha value is -2.25. The number of thiophene rings is 1. The van der Waals surface area contributed by atoms with Crippen molar-refractivity contribution < 1.29 is 4.74 Å². The molecule has 0 aliphatic carbocycles. The smallest absolute Gasteiger partial charge is 0.235 e. The topological polar surface area (TPSA) is 52.3 Å². The minimum absolute atomic E-state index is 0.775. The second kappa shape index (κ2) is 4.94. The van der Waals surface area contributed by atoms with E-state index in [0.717, 1.165) is 32.0 Å². The molecule has 0 unspecified atom stereocenters. The Morgan fingerprint density at radius 1 is 1.10 bits per heavy atom. The molecular formula is C14H10N4OS2. The van der Waals surface area contributed by atoms with E-state index >= 15 is 0 Å². The number of para-hydroxylation sites is 1. The molecule has 4 aromatic rings. The lowest BCUT2D eigenvalue weighted by Crippen LogP contribution is -1.91. The molecule has 21 heavy (non-hydrogen) atoms. The Morgan fingerprint density at radius 2 is 2.00 bits per heavy atom. The predicted molar refractivity (Wildman–Crippen MR) is 84.0 cm³/mol. The molecule has 0 spiro atoms. The van der Waals surface area contributed by atoms with Crippen LogP contribution in [-0.4, -0.2) is 26.9 Å². The number of fused-ring (bicyclic) bond motifs is 1. The Bertz CT molecular complexity index is 895. The molecule has 3 aromatic heterocycles. The third kappa shape index (κ3) is 2.01. The van der Waals surface area contributed by atoms with Crippen molar-refractivity contribution in [2.45, 2.75) is 0 Å². The first kappa shape index (κ1) is 12.5. The molecule has 104 valence electrons. The van der Waals surface area contributed by atoms with Crippen LogP contribution < -0.4 is 4.74 Å². The molecule has 4 rings (SSSR count). The summed E-state index contributed by atoms with van der Waals surface area (Å²) < 4.78 is 7.19. The van der Waals surface area contributed by atoms with Gasteiger partial charge in [-0.05, 0) is 23.6 Å². The fraction of sp³-hybridized carbons (Fsp3) is 0.0714. The number of benzene rings is 1. The molecule has 0 amide bonds. The molecule has 0 saturated heterocycles. The van der Waals surface area contributed by atoms with Gasteiger partial charge in [-0.3, -0.25) is 0 Å². The van der Waals surface area contributed by atoms with Crippen LogP contribution in [-0.2, 0) is 0 Å². The summed E-state index contributed by atoms with van der Waals surface area (Å²) >= 11 is 3.13. The molecule has 3 heterocycles. The van der Waals surface area contributed by atoms with Crippen LogP contribution in [0.3, 0.4) is 0 Å². The van der Waals surface area contributed by atoms with E-state index in [1.54, 1.807) is 23.0 Å². The summed E-state index contributed by atoms with van der Waals surface area (Å²) in [6.45, 7) is 0. The van der Waals surface area contributed by atoms with Gasteiger partial charge in [-0.15, -0.1) is 21.5 Å². The maximum absolute atomic E-state index is 5.40. The highest BCUT2D eigenvalue weighted by Crippen LogP contribution is 2.34. The van der Waals surface area contributed by atoms with Crippen LogP contribution in [0.5, 0.6) is 5.75 Å². The van der Waals surface area contributed by atoms with Crippen LogP contribution in [0.25, 0.3) is 26.2 Å². The third-order valence-corrected chi connectivity index (χ3v) is 4.87. The molecule has 0 fully saturated rings. The summed E-state index contributed by atoms with van der Waals surface area (Å²) in [5, 5.41) is 16.0. The quantitative estimate of drug-likeness (QED) is 0.580. The van der Waals surface area contributed by atoms with Gasteiger partial charge in [0, 0.05) is 0 Å². The van der Waals surface area contributed by atoms with Gasteiger partial charge in [0.2, 0.25) is 4.96 Å². The summed E-state index contributed by atoms with van der Waals surface area (Å²) in [6, 6.07) is 11.9. The average molecular weight is 314 g/mol. The molecule has 0 aliphatic rings. The van der Waals surface area contributed by atoms with Crippen molar-refractivity contribution in [2.75, 3.05) is 7.11 Å². The first-order chi connectivity index (χ1) is 10.4. The normalized spacial score (nSPS) is 11.1. The molecule has 1 aromatic carbocycles. The summed E-state index contributed by atoms with van der Waals surface area (Å²) in [4.78, 5) is 1.83. The standard InChI is InChI=1S/C14H10N4OS2/c1-19-10-6-3-2-5-9(10)13-17-18-12(11-7-4-8-20-11)15-16-14(18)21-13/h2-8H,1H3. The van der Waals surface area contributed by atoms with E-state index in [1.165, 1.54) is 11.3 Å². The zero-order valence-corrected chi connectivity index (χ0v) is 12.7. The first-order valence-corrected chi connectivity index (χ1v) is 7.96. The van der Waals surface area contributed by atoms with Crippen molar-refractivity contribution in [2.24, 2.45) is 0 Å². The van der Waals surface area contributed by atoms with Gasteiger partial charge >= 0.3 is 0 Å². The van der Waals surface area contributed by atoms with Gasteiger partial charge in [0.15, 0.2) is 10.8 Å². The minimum atomic E-state index is 0.775. The lowest BCUT2D eigenvalue weighted by molar-refractivity contribution is 0.416. The molecule has 0 radical (unpaired) electrons. The maximum Gasteiger partial charge on any atom is 0.235 e. The van der Waals surface area contributed by atoms with Gasteiger partial charge in [-0.1, -0.05) is 29.5 Å². The number of aromatic nitrogens is 4. The van der Waals surface area contributed by atoms with Gasteiger partial charge in [-0.2, -0.15) is 9.61 Å². The second-order valence-electron chi connectivity index (χ2n) is 4.30. The minimum Gasteiger partial charge on any atom is -0.496 e. The third-order valence-electron chi connectivity index (χ3n) is 3.07. The molecule has 0 aliphatic heterocycles. The average Bonchev–Trinajstić information content (AvgIpc) is 3.23. The Kier molecular flexibility index (Phi) is 2.94. The SMILES string of the molecule is COc1ccccc1-c1nn2c(-c3cccs3)nnc2s1. The lowest BCUT2D eigenvalue weighted by Gasteiger charge is -2.03. The van der Waals surface area contributed by atoms with E-state index in [-0.39, 0.29) is 0 Å². The highest BCUT2D eigenvalue weighted by Gasteiger charge is 2.16. The van der Waals surface area contributed by atoms with E-state index in [1.807, 2.05) is 41.8 Å². The van der Waals surface area contributed by atoms with Crippen molar-refractivity contribution in [3.05, 3.63) is 41.8 Å². The van der Waals surface area contributed by atoms with Crippen molar-refractivity contribution >= 4 is 27.6 Å². The Labute approximate surface area is 128 Å².